The van der Waals surface area contributed by atoms with Crippen LogP contribution in [0.3, 0.4) is 0 Å². The van der Waals surface area contributed by atoms with Crippen molar-refractivity contribution >= 4 is 23.4 Å². The van der Waals surface area contributed by atoms with Gasteiger partial charge >= 0.3 is 5.97 Å². The molecule has 15 heteroatoms. The molecule has 63 heavy (non-hydrogen) atoms. The normalized spacial score (nSPS) is 11.3. The van der Waals surface area contributed by atoms with Crippen molar-refractivity contribution in [3.8, 4) is 67.9 Å². The molecule has 0 aliphatic rings. The zero-order valence-electron chi connectivity index (χ0n) is 34.8. The fraction of sp³-hybridized carbons (Fsp3) is 0.188. The summed E-state index contributed by atoms with van der Waals surface area (Å²) in [5.41, 5.74) is 12.4. The first-order valence-electron chi connectivity index (χ1n) is 20.0. The van der Waals surface area contributed by atoms with Crippen LogP contribution in [0.1, 0.15) is 39.8 Å². The maximum atomic E-state index is 14.1. The number of methoxy groups -OCH3 is 1. The van der Waals surface area contributed by atoms with E-state index in [2.05, 4.69) is 74.8 Å². The number of carbonyl (C=O) groups is 1. The Hall–Kier alpha value is -7.13. The quantitative estimate of drug-likeness (QED) is 0.0880. The third-order valence-corrected chi connectivity index (χ3v) is 10.8. The van der Waals surface area contributed by atoms with Crippen LogP contribution in [0.15, 0.2) is 112 Å². The van der Waals surface area contributed by atoms with Crippen molar-refractivity contribution in [3.05, 3.63) is 148 Å². The number of hydrogen-bond acceptors (Lipinski definition) is 12. The first kappa shape index (κ1) is 42.6. The minimum atomic E-state index is -0.884. The number of carboxylic acid groups (broad SMARTS) is 1. The highest BCUT2D eigenvalue weighted by Crippen LogP contribution is 2.35. The Balaban J connectivity index is 1.02. The van der Waals surface area contributed by atoms with E-state index in [9.17, 15) is 9.18 Å². The molecule has 0 bridgehead atoms. The molecule has 8 rings (SSSR count). The largest absolute Gasteiger partial charge is 0.481 e. The predicted molar refractivity (Wildman–Crippen MR) is 236 cm³/mol. The monoisotopic (exact) mass is 865 g/mol. The highest BCUT2D eigenvalue weighted by molar-refractivity contribution is 6.29. The summed E-state index contributed by atoms with van der Waals surface area (Å²) < 4.78 is 37.6. The van der Waals surface area contributed by atoms with Crippen LogP contribution in [0, 0.1) is 26.6 Å². The molecule has 0 unspecified atom stereocenters. The highest BCUT2D eigenvalue weighted by atomic mass is 35.5. The van der Waals surface area contributed by atoms with Crippen molar-refractivity contribution in [2.75, 3.05) is 19.0 Å². The molecule has 0 atom stereocenters. The zero-order chi connectivity index (χ0) is 44.0. The molecule has 0 aliphatic heterocycles. The summed E-state index contributed by atoms with van der Waals surface area (Å²) in [6, 6.07) is 29.4. The van der Waals surface area contributed by atoms with Gasteiger partial charge in [-0.3, -0.25) is 4.79 Å². The number of benzene rings is 4. The van der Waals surface area contributed by atoms with Gasteiger partial charge < -0.3 is 28.9 Å². The fourth-order valence-electron chi connectivity index (χ4n) is 7.28. The first-order chi connectivity index (χ1) is 30.6. The van der Waals surface area contributed by atoms with Gasteiger partial charge in [0.15, 0.2) is 11.0 Å². The molecular weight excluding hydrogens is 825 g/mol. The molecule has 0 radical (unpaired) electrons. The van der Waals surface area contributed by atoms with Crippen molar-refractivity contribution in [1.82, 2.24) is 30.2 Å². The Morgan fingerprint density at radius 2 is 1.32 bits per heavy atom. The lowest BCUT2D eigenvalue weighted by Gasteiger charge is -2.17. The second-order valence-electron chi connectivity index (χ2n) is 14.9. The average Bonchev–Trinajstić information content (AvgIpc) is 3.98. The van der Waals surface area contributed by atoms with E-state index < -0.39 is 11.8 Å². The van der Waals surface area contributed by atoms with E-state index in [0.29, 0.717) is 54.0 Å². The molecular formula is C48H41ClFN7O6. The van der Waals surface area contributed by atoms with E-state index in [-0.39, 0.29) is 29.8 Å². The maximum absolute atomic E-state index is 14.1. The fourth-order valence-corrected chi connectivity index (χ4v) is 7.38. The van der Waals surface area contributed by atoms with Crippen molar-refractivity contribution in [3.63, 3.8) is 0 Å². The number of rotatable bonds is 16. The van der Waals surface area contributed by atoms with Gasteiger partial charge in [-0.25, -0.2) is 14.4 Å². The lowest BCUT2D eigenvalue weighted by Crippen LogP contribution is -2.09. The number of pyridine rings is 2. The summed E-state index contributed by atoms with van der Waals surface area (Å²) in [5, 5.41) is 20.1. The van der Waals surface area contributed by atoms with Gasteiger partial charge in [0.05, 0.1) is 26.2 Å². The first-order valence-corrected chi connectivity index (χ1v) is 20.3. The summed E-state index contributed by atoms with van der Waals surface area (Å²) in [4.78, 5) is 28.4. The smallest absolute Gasteiger partial charge is 0.305 e. The Morgan fingerprint density at radius 3 is 1.97 bits per heavy atom. The number of halogens is 2. The number of anilines is 1. The van der Waals surface area contributed by atoms with E-state index in [0.717, 1.165) is 61.2 Å². The summed E-state index contributed by atoms with van der Waals surface area (Å²) in [6.45, 7) is 7.28. The van der Waals surface area contributed by atoms with Gasteiger partial charge in [0.25, 0.3) is 11.8 Å². The Kier molecular flexibility index (Phi) is 12.7. The topological polar surface area (TPSA) is 171 Å². The van der Waals surface area contributed by atoms with Gasteiger partial charge in [-0.05, 0) is 113 Å². The lowest BCUT2D eigenvalue weighted by molar-refractivity contribution is -0.136. The van der Waals surface area contributed by atoms with E-state index in [1.807, 2.05) is 61.5 Å². The van der Waals surface area contributed by atoms with Gasteiger partial charge in [0.1, 0.15) is 5.82 Å². The SMILES string of the molecule is COCc1cc(-c2nc(-c3cnc(Cl)c(F)c3)no2)ccc1-c1cccc(COCc2cc(-c3nc(-c4cnc(NCCC(=O)O)c(C)c4)no3)ccc2-c2ccccc2C)c1C. The summed E-state index contributed by atoms with van der Waals surface area (Å²) in [7, 11) is 1.64. The summed E-state index contributed by atoms with van der Waals surface area (Å²) in [5.74, 6) is 0.215. The van der Waals surface area contributed by atoms with Crippen molar-refractivity contribution in [2.24, 2.45) is 0 Å². The number of nitrogens with one attached hydrogen (secondary N) is 1. The number of carboxylic acids is 1. The van der Waals surface area contributed by atoms with Crippen LogP contribution in [0.2, 0.25) is 5.15 Å². The zero-order valence-corrected chi connectivity index (χ0v) is 35.5. The van der Waals surface area contributed by atoms with Crippen LogP contribution in [0.25, 0.3) is 67.9 Å². The van der Waals surface area contributed by atoms with E-state index >= 15 is 0 Å². The van der Waals surface area contributed by atoms with Crippen LogP contribution in [0.4, 0.5) is 10.2 Å². The molecule has 4 aromatic carbocycles. The van der Waals surface area contributed by atoms with Gasteiger partial charge in [-0.2, -0.15) is 9.97 Å². The van der Waals surface area contributed by atoms with Gasteiger partial charge in [-0.1, -0.05) is 76.5 Å². The number of ether oxygens (including phenoxy) is 2. The second kappa shape index (κ2) is 18.9. The molecule has 0 spiro atoms. The Morgan fingerprint density at radius 1 is 0.698 bits per heavy atom. The lowest BCUT2D eigenvalue weighted by atomic mass is 9.92. The maximum Gasteiger partial charge on any atom is 0.305 e. The summed E-state index contributed by atoms with van der Waals surface area (Å²) >= 11 is 5.76. The van der Waals surface area contributed by atoms with Gasteiger partial charge in [-0.15, -0.1) is 0 Å². The van der Waals surface area contributed by atoms with E-state index in [1.165, 1.54) is 12.3 Å². The highest BCUT2D eigenvalue weighted by Gasteiger charge is 2.19. The van der Waals surface area contributed by atoms with Crippen LogP contribution in [0.5, 0.6) is 0 Å². The number of hydrogen-bond donors (Lipinski definition) is 2. The Bertz CT molecular complexity index is 2950. The molecule has 318 valence electrons. The molecule has 13 nitrogen and oxygen atoms in total. The van der Waals surface area contributed by atoms with Crippen molar-refractivity contribution in [2.45, 2.75) is 47.0 Å². The minimum Gasteiger partial charge on any atom is -0.481 e. The van der Waals surface area contributed by atoms with Crippen molar-refractivity contribution in [1.29, 1.82) is 0 Å². The third-order valence-electron chi connectivity index (χ3n) is 10.6. The molecule has 0 amide bonds. The van der Waals surface area contributed by atoms with Crippen LogP contribution >= 0.6 is 11.6 Å². The summed E-state index contributed by atoms with van der Waals surface area (Å²) in [6.07, 6.45) is 3.01. The average molecular weight is 866 g/mol. The second-order valence-corrected chi connectivity index (χ2v) is 15.2. The molecule has 0 saturated heterocycles. The number of aliphatic carboxylic acids is 1. The van der Waals surface area contributed by atoms with Crippen molar-refractivity contribution < 1.29 is 32.8 Å². The number of aromatic nitrogens is 6. The minimum absolute atomic E-state index is 0.0175. The molecule has 4 heterocycles. The predicted octanol–water partition coefficient (Wildman–Crippen LogP) is 10.7. The molecule has 0 aliphatic carbocycles. The third kappa shape index (κ3) is 9.53. The van der Waals surface area contributed by atoms with Gasteiger partial charge in [0, 0.05) is 48.3 Å². The van der Waals surface area contributed by atoms with Crippen LogP contribution in [-0.2, 0) is 34.1 Å². The van der Waals surface area contributed by atoms with Gasteiger partial charge in [0.2, 0.25) is 11.6 Å². The van der Waals surface area contributed by atoms with Crippen LogP contribution in [-0.4, -0.2) is 55.0 Å². The molecule has 0 fully saturated rings. The van der Waals surface area contributed by atoms with E-state index in [1.54, 1.807) is 13.3 Å². The van der Waals surface area contributed by atoms with E-state index in [4.69, 9.17) is 40.2 Å². The molecule has 8 aromatic rings. The molecule has 2 N–H and O–H groups in total. The van der Waals surface area contributed by atoms with Crippen LogP contribution < -0.4 is 5.32 Å². The molecule has 0 saturated carbocycles. The number of aryl methyl sites for hydroxylation is 2. The standard InChI is InChI=1S/C48H41ClFN7O6/c1-27-8-5-6-10-37(27)39-14-12-31(48-54-45(56-62-48)33-18-28(2)44(53-23-33)51-17-16-42(58)59)20-36(39)26-61-25-32-9-7-11-38(29(32)3)40-15-13-30(19-35(40)24-60-4)47-55-46(57-63-47)34-21-41(50)43(49)52-22-34/h5-15,18-23H,16-17,24-26H2,1-4H3,(H,51,53)(H,58,59). The molecule has 4 aromatic heterocycles. The number of nitrogens with zero attached hydrogens (tertiary/aromatic N) is 6. The Labute approximate surface area is 366 Å².